The predicted molar refractivity (Wildman–Crippen MR) is 82.3 cm³/mol. The number of amides is 1. The monoisotopic (exact) mass is 289 g/mol. The molecule has 0 aliphatic carbocycles. The number of morpholine rings is 1. The minimum absolute atomic E-state index is 0.0769. The normalized spacial score (nSPS) is 25.6. The summed E-state index contributed by atoms with van der Waals surface area (Å²) in [4.78, 5) is 14.7. The van der Waals surface area contributed by atoms with Crippen molar-refractivity contribution in [1.82, 2.24) is 10.2 Å². The minimum atomic E-state index is -0.0769. The molecule has 2 atom stereocenters. The molecular weight excluding hydrogens is 266 g/mol. The van der Waals surface area contributed by atoms with E-state index < -0.39 is 0 Å². The molecule has 5 heteroatoms. The highest BCUT2D eigenvalue weighted by atomic mass is 16.5. The van der Waals surface area contributed by atoms with E-state index in [1.54, 1.807) is 6.07 Å². The molecule has 3 rings (SSSR count). The van der Waals surface area contributed by atoms with E-state index in [0.29, 0.717) is 23.8 Å². The lowest BCUT2D eigenvalue weighted by Gasteiger charge is -2.35. The van der Waals surface area contributed by atoms with Gasteiger partial charge in [0.25, 0.3) is 5.91 Å². The molecule has 5 nitrogen and oxygen atoms in total. The third-order valence-electron chi connectivity index (χ3n) is 4.57. The fraction of sp³-hybridized carbons (Fsp3) is 0.562. The highest BCUT2D eigenvalue weighted by molar-refractivity contribution is 5.96. The van der Waals surface area contributed by atoms with Crippen LogP contribution in [0, 0.1) is 6.92 Å². The van der Waals surface area contributed by atoms with Crippen molar-refractivity contribution in [1.29, 1.82) is 0 Å². The molecule has 21 heavy (non-hydrogen) atoms. The van der Waals surface area contributed by atoms with Crippen molar-refractivity contribution < 1.29 is 9.53 Å². The quantitative estimate of drug-likeness (QED) is 0.820. The Morgan fingerprint density at radius 2 is 2.38 bits per heavy atom. The van der Waals surface area contributed by atoms with Crippen molar-refractivity contribution in [2.24, 2.45) is 0 Å². The molecule has 1 amide bonds. The number of nitrogens with zero attached hydrogens (tertiary/aromatic N) is 1. The number of ether oxygens (including phenoxy) is 1. The number of carbonyl (C=O) groups is 1. The molecule has 2 aliphatic heterocycles. The third kappa shape index (κ3) is 3.04. The van der Waals surface area contributed by atoms with E-state index in [9.17, 15) is 4.79 Å². The number of anilines is 1. The topological polar surface area (TPSA) is 67.6 Å². The first-order valence-electron chi connectivity index (χ1n) is 7.64. The van der Waals surface area contributed by atoms with E-state index in [-0.39, 0.29) is 12.0 Å². The van der Waals surface area contributed by atoms with Gasteiger partial charge in [-0.25, -0.2) is 0 Å². The lowest BCUT2D eigenvalue weighted by molar-refractivity contribution is -0.0461. The molecule has 1 aromatic rings. The van der Waals surface area contributed by atoms with Crippen LogP contribution in [0.1, 0.15) is 28.8 Å². The summed E-state index contributed by atoms with van der Waals surface area (Å²) in [5.74, 6) is -0.0769. The fourth-order valence-electron chi connectivity index (χ4n) is 3.21. The summed E-state index contributed by atoms with van der Waals surface area (Å²) in [6.45, 7) is 5.29. The first-order chi connectivity index (χ1) is 10.1. The summed E-state index contributed by atoms with van der Waals surface area (Å²) < 4.78 is 5.85. The molecule has 1 aromatic carbocycles. The second-order valence-corrected chi connectivity index (χ2v) is 5.98. The molecule has 0 bridgehead atoms. The zero-order valence-corrected chi connectivity index (χ0v) is 12.5. The fourth-order valence-corrected chi connectivity index (χ4v) is 3.21. The summed E-state index contributed by atoms with van der Waals surface area (Å²) in [6, 6.07) is 6.01. The molecule has 0 spiro atoms. The van der Waals surface area contributed by atoms with Gasteiger partial charge in [-0.15, -0.1) is 0 Å². The number of hydrogen-bond donors (Lipinski definition) is 2. The Balaban J connectivity index is 1.55. The lowest BCUT2D eigenvalue weighted by Crippen LogP contribution is -2.50. The van der Waals surface area contributed by atoms with Crippen molar-refractivity contribution in [3.8, 4) is 0 Å². The number of hydrogen-bond acceptors (Lipinski definition) is 4. The van der Waals surface area contributed by atoms with Gasteiger partial charge < -0.3 is 15.8 Å². The van der Waals surface area contributed by atoms with Gasteiger partial charge in [0.2, 0.25) is 0 Å². The van der Waals surface area contributed by atoms with Gasteiger partial charge in [-0.3, -0.25) is 9.69 Å². The van der Waals surface area contributed by atoms with E-state index in [2.05, 4.69) is 10.2 Å². The largest absolute Gasteiger partial charge is 0.398 e. The van der Waals surface area contributed by atoms with Crippen molar-refractivity contribution in [3.63, 3.8) is 0 Å². The SMILES string of the molecule is Cc1c(N)cccc1C(=O)NCC1CN2CCCC2CO1. The number of benzene rings is 1. The third-order valence-corrected chi connectivity index (χ3v) is 4.57. The molecule has 0 aromatic heterocycles. The summed E-state index contributed by atoms with van der Waals surface area (Å²) >= 11 is 0. The maximum absolute atomic E-state index is 12.3. The van der Waals surface area contributed by atoms with Crippen LogP contribution in [-0.4, -0.2) is 49.2 Å². The van der Waals surface area contributed by atoms with Crippen LogP contribution in [0.15, 0.2) is 18.2 Å². The van der Waals surface area contributed by atoms with Crippen LogP contribution in [0.3, 0.4) is 0 Å². The van der Waals surface area contributed by atoms with Crippen molar-refractivity contribution >= 4 is 11.6 Å². The Labute approximate surface area is 125 Å². The second-order valence-electron chi connectivity index (χ2n) is 5.98. The molecule has 3 N–H and O–H groups in total. The van der Waals surface area contributed by atoms with E-state index >= 15 is 0 Å². The number of rotatable bonds is 3. The van der Waals surface area contributed by atoms with Crippen molar-refractivity contribution in [2.45, 2.75) is 31.9 Å². The molecular formula is C16H23N3O2. The number of nitrogen functional groups attached to an aromatic ring is 1. The number of carbonyl (C=O) groups excluding carboxylic acids is 1. The highest BCUT2D eigenvalue weighted by Gasteiger charge is 2.32. The minimum Gasteiger partial charge on any atom is -0.398 e. The van der Waals surface area contributed by atoms with Gasteiger partial charge in [-0.2, -0.15) is 0 Å². The maximum Gasteiger partial charge on any atom is 0.251 e. The van der Waals surface area contributed by atoms with Gasteiger partial charge in [0.15, 0.2) is 0 Å². The first kappa shape index (κ1) is 14.4. The molecule has 2 saturated heterocycles. The first-order valence-corrected chi connectivity index (χ1v) is 7.64. The second kappa shape index (κ2) is 6.03. The number of nitrogens with one attached hydrogen (secondary N) is 1. The predicted octanol–water partition coefficient (Wildman–Crippen LogP) is 1.17. The van der Waals surface area contributed by atoms with Gasteiger partial charge in [0, 0.05) is 30.4 Å². The molecule has 2 heterocycles. The van der Waals surface area contributed by atoms with E-state index in [1.165, 1.54) is 12.8 Å². The van der Waals surface area contributed by atoms with Gasteiger partial charge >= 0.3 is 0 Å². The van der Waals surface area contributed by atoms with E-state index in [1.807, 2.05) is 19.1 Å². The van der Waals surface area contributed by atoms with Crippen LogP contribution in [0.2, 0.25) is 0 Å². The molecule has 114 valence electrons. The highest BCUT2D eigenvalue weighted by Crippen LogP contribution is 2.22. The summed E-state index contributed by atoms with van der Waals surface area (Å²) in [5.41, 5.74) is 7.97. The van der Waals surface area contributed by atoms with Crippen LogP contribution in [0.25, 0.3) is 0 Å². The van der Waals surface area contributed by atoms with E-state index in [4.69, 9.17) is 10.5 Å². The zero-order valence-electron chi connectivity index (χ0n) is 12.5. The van der Waals surface area contributed by atoms with Crippen LogP contribution in [-0.2, 0) is 4.74 Å². The molecule has 2 fully saturated rings. The molecule has 2 unspecified atom stereocenters. The van der Waals surface area contributed by atoms with Crippen LogP contribution in [0.4, 0.5) is 5.69 Å². The van der Waals surface area contributed by atoms with Crippen LogP contribution >= 0.6 is 0 Å². The average Bonchev–Trinajstić information content (AvgIpc) is 2.95. The van der Waals surface area contributed by atoms with Crippen LogP contribution in [0.5, 0.6) is 0 Å². The van der Waals surface area contributed by atoms with Gasteiger partial charge in [-0.05, 0) is 44.0 Å². The summed E-state index contributed by atoms with van der Waals surface area (Å²) in [6.07, 6.45) is 2.58. The molecule has 2 aliphatic rings. The van der Waals surface area contributed by atoms with Gasteiger partial charge in [0.1, 0.15) is 0 Å². The standard InChI is InChI=1S/C16H23N3O2/c1-11-14(5-2-6-15(11)17)16(20)18-8-13-9-19-7-3-4-12(19)10-21-13/h2,5-6,12-13H,3-4,7-10,17H2,1H3,(H,18,20). The smallest absolute Gasteiger partial charge is 0.251 e. The van der Waals surface area contributed by atoms with E-state index in [0.717, 1.165) is 25.3 Å². The van der Waals surface area contributed by atoms with Crippen LogP contribution < -0.4 is 11.1 Å². The zero-order chi connectivity index (χ0) is 14.8. The number of fused-ring (bicyclic) bond motifs is 1. The Morgan fingerprint density at radius 3 is 3.24 bits per heavy atom. The Hall–Kier alpha value is -1.59. The summed E-state index contributed by atoms with van der Waals surface area (Å²) in [7, 11) is 0. The Kier molecular flexibility index (Phi) is 4.12. The van der Waals surface area contributed by atoms with Crippen molar-refractivity contribution in [3.05, 3.63) is 29.3 Å². The lowest BCUT2D eigenvalue weighted by atomic mass is 10.1. The number of nitrogens with two attached hydrogens (primary N) is 1. The summed E-state index contributed by atoms with van der Waals surface area (Å²) in [5, 5.41) is 2.97. The molecule has 0 saturated carbocycles. The molecule has 0 radical (unpaired) electrons. The maximum atomic E-state index is 12.3. The average molecular weight is 289 g/mol. The Bertz CT molecular complexity index is 532. The Morgan fingerprint density at radius 1 is 1.52 bits per heavy atom. The van der Waals surface area contributed by atoms with Gasteiger partial charge in [-0.1, -0.05) is 6.07 Å². The van der Waals surface area contributed by atoms with Crippen molar-refractivity contribution in [2.75, 3.05) is 32.0 Å². The van der Waals surface area contributed by atoms with Gasteiger partial charge in [0.05, 0.1) is 12.7 Å².